The highest BCUT2D eigenvalue weighted by Crippen LogP contribution is 2.27. The summed E-state index contributed by atoms with van der Waals surface area (Å²) in [6.07, 6.45) is 0. The van der Waals surface area contributed by atoms with Crippen LogP contribution in [0, 0.1) is 30.5 Å². The summed E-state index contributed by atoms with van der Waals surface area (Å²) in [6.45, 7) is 1.83. The summed E-state index contributed by atoms with van der Waals surface area (Å²) >= 11 is 1.29. The average Bonchev–Trinajstić information content (AvgIpc) is 2.73. The summed E-state index contributed by atoms with van der Waals surface area (Å²) in [4.78, 5) is 8.33. The third kappa shape index (κ3) is 2.53. The zero-order valence-electron chi connectivity index (χ0n) is 10.0. The fourth-order valence-corrected chi connectivity index (χ4v) is 2.41. The molecule has 0 aliphatic rings. The van der Waals surface area contributed by atoms with Gasteiger partial charge in [0.15, 0.2) is 0 Å². The molecule has 0 saturated heterocycles. The number of halogens is 4. The summed E-state index contributed by atoms with van der Waals surface area (Å²) in [5.74, 6) is -6.35. The molecule has 2 rings (SSSR count). The van der Waals surface area contributed by atoms with E-state index in [-0.39, 0.29) is 6.54 Å². The Labute approximate surface area is 110 Å². The van der Waals surface area contributed by atoms with Gasteiger partial charge in [-0.15, -0.1) is 11.3 Å². The molecule has 0 aliphatic heterocycles. The summed E-state index contributed by atoms with van der Waals surface area (Å²) in [5, 5.41) is 0. The number of hydrogen-bond donors (Lipinski definition) is 0. The van der Waals surface area contributed by atoms with Crippen LogP contribution in [0.2, 0.25) is 0 Å². The highest BCUT2D eigenvalue weighted by atomic mass is 32.1. The van der Waals surface area contributed by atoms with Gasteiger partial charge in [0, 0.05) is 11.9 Å². The molecule has 3 nitrogen and oxygen atoms in total. The van der Waals surface area contributed by atoms with Crippen molar-refractivity contribution in [3.05, 3.63) is 39.6 Å². The molecule has 0 aromatic carbocycles. The minimum absolute atomic E-state index is 0.0905. The number of aromatic nitrogens is 2. The topological polar surface area (TPSA) is 29.0 Å². The SMILES string of the molecule is Cc1ncsc1CN(C)c1c(F)c(F)nc(F)c1F. The first kappa shape index (κ1) is 13.7. The normalized spacial score (nSPS) is 10.8. The van der Waals surface area contributed by atoms with Gasteiger partial charge in [-0.1, -0.05) is 0 Å². The number of rotatable bonds is 3. The summed E-state index contributed by atoms with van der Waals surface area (Å²) < 4.78 is 53.1. The molecule has 0 aliphatic carbocycles. The molecule has 0 unspecified atom stereocenters. The van der Waals surface area contributed by atoms with Crippen molar-refractivity contribution in [2.24, 2.45) is 0 Å². The smallest absolute Gasteiger partial charge is 0.253 e. The van der Waals surface area contributed by atoms with Gasteiger partial charge in [-0.05, 0) is 6.92 Å². The molecular formula is C11H9F4N3S. The van der Waals surface area contributed by atoms with E-state index in [0.29, 0.717) is 5.69 Å². The summed E-state index contributed by atoms with van der Waals surface area (Å²) in [7, 11) is 1.33. The molecule has 0 radical (unpaired) electrons. The Morgan fingerprint density at radius 3 is 2.21 bits per heavy atom. The Morgan fingerprint density at radius 2 is 1.74 bits per heavy atom. The maximum Gasteiger partial charge on any atom is 0.253 e. The number of pyridine rings is 1. The predicted molar refractivity (Wildman–Crippen MR) is 63.0 cm³/mol. The summed E-state index contributed by atoms with van der Waals surface area (Å²) in [5.41, 5.74) is 1.50. The van der Waals surface area contributed by atoms with Crippen LogP contribution in [0.1, 0.15) is 10.6 Å². The Bertz CT molecular complexity index is 588. The second-order valence-electron chi connectivity index (χ2n) is 3.89. The number of aryl methyl sites for hydroxylation is 1. The second kappa shape index (κ2) is 5.12. The van der Waals surface area contributed by atoms with Crippen LogP contribution >= 0.6 is 11.3 Å². The van der Waals surface area contributed by atoms with Crippen molar-refractivity contribution in [1.82, 2.24) is 9.97 Å². The molecule has 0 fully saturated rings. The van der Waals surface area contributed by atoms with Gasteiger partial charge in [0.2, 0.25) is 11.6 Å². The van der Waals surface area contributed by atoms with Gasteiger partial charge in [0.1, 0.15) is 5.69 Å². The first-order valence-corrected chi connectivity index (χ1v) is 6.10. The Morgan fingerprint density at radius 1 is 1.16 bits per heavy atom. The van der Waals surface area contributed by atoms with Crippen molar-refractivity contribution in [1.29, 1.82) is 0 Å². The first-order valence-electron chi connectivity index (χ1n) is 5.22. The van der Waals surface area contributed by atoms with Crippen molar-refractivity contribution < 1.29 is 17.6 Å². The van der Waals surface area contributed by atoms with E-state index in [1.807, 2.05) is 0 Å². The van der Waals surface area contributed by atoms with Crippen LogP contribution < -0.4 is 4.90 Å². The van der Waals surface area contributed by atoms with Crippen LogP contribution in [-0.2, 0) is 6.54 Å². The molecule has 0 saturated carbocycles. The van der Waals surface area contributed by atoms with E-state index in [9.17, 15) is 17.6 Å². The molecule has 19 heavy (non-hydrogen) atoms. The van der Waals surface area contributed by atoms with E-state index in [4.69, 9.17) is 0 Å². The van der Waals surface area contributed by atoms with E-state index in [2.05, 4.69) is 9.97 Å². The molecule has 102 valence electrons. The fourth-order valence-electron chi connectivity index (χ4n) is 1.58. The standard InChI is InChI=1S/C11H9F4N3S/c1-5-6(19-4-16-5)3-18(2)9-7(12)10(14)17-11(15)8(9)13/h4H,3H2,1-2H3. The van der Waals surface area contributed by atoms with Crippen molar-refractivity contribution in [3.8, 4) is 0 Å². The quantitative estimate of drug-likeness (QED) is 0.643. The van der Waals surface area contributed by atoms with Crippen LogP contribution in [0.15, 0.2) is 5.51 Å². The molecule has 8 heteroatoms. The molecule has 0 bridgehead atoms. The zero-order valence-corrected chi connectivity index (χ0v) is 10.9. The molecule has 2 heterocycles. The van der Waals surface area contributed by atoms with Gasteiger partial charge in [-0.2, -0.15) is 22.5 Å². The minimum Gasteiger partial charge on any atom is -0.364 e. The van der Waals surface area contributed by atoms with Crippen molar-refractivity contribution in [2.45, 2.75) is 13.5 Å². The van der Waals surface area contributed by atoms with Gasteiger partial charge in [0.05, 0.1) is 17.7 Å². The van der Waals surface area contributed by atoms with Crippen LogP contribution in [0.25, 0.3) is 0 Å². The molecule has 0 spiro atoms. The number of thiazole rings is 1. The monoisotopic (exact) mass is 291 g/mol. The van der Waals surface area contributed by atoms with Crippen LogP contribution in [0.5, 0.6) is 0 Å². The third-order valence-corrected chi connectivity index (χ3v) is 3.50. The lowest BCUT2D eigenvalue weighted by atomic mass is 10.3. The van der Waals surface area contributed by atoms with Gasteiger partial charge in [0.25, 0.3) is 11.9 Å². The molecular weight excluding hydrogens is 282 g/mol. The van der Waals surface area contributed by atoms with Crippen LogP contribution in [0.4, 0.5) is 23.2 Å². The van der Waals surface area contributed by atoms with E-state index in [0.717, 1.165) is 9.78 Å². The highest BCUT2D eigenvalue weighted by Gasteiger charge is 2.24. The van der Waals surface area contributed by atoms with Crippen LogP contribution in [-0.4, -0.2) is 17.0 Å². The van der Waals surface area contributed by atoms with Crippen LogP contribution in [0.3, 0.4) is 0 Å². The lowest BCUT2D eigenvalue weighted by Crippen LogP contribution is -2.21. The molecule has 0 atom stereocenters. The van der Waals surface area contributed by atoms with Gasteiger partial charge < -0.3 is 4.90 Å². The van der Waals surface area contributed by atoms with E-state index >= 15 is 0 Å². The Hall–Kier alpha value is -1.70. The maximum absolute atomic E-state index is 13.5. The van der Waals surface area contributed by atoms with Crippen molar-refractivity contribution >= 4 is 17.0 Å². The van der Waals surface area contributed by atoms with Crippen molar-refractivity contribution in [3.63, 3.8) is 0 Å². The van der Waals surface area contributed by atoms with Gasteiger partial charge >= 0.3 is 0 Å². The Kier molecular flexibility index (Phi) is 3.70. The molecule has 0 N–H and O–H groups in total. The lowest BCUT2D eigenvalue weighted by Gasteiger charge is -2.20. The minimum atomic E-state index is -1.67. The predicted octanol–water partition coefficient (Wildman–Crippen LogP) is 3.04. The van der Waals surface area contributed by atoms with E-state index in [1.54, 1.807) is 12.4 Å². The number of anilines is 1. The van der Waals surface area contributed by atoms with Gasteiger partial charge in [-0.3, -0.25) is 0 Å². The third-order valence-electron chi connectivity index (χ3n) is 2.58. The van der Waals surface area contributed by atoms with E-state index < -0.39 is 29.2 Å². The molecule has 2 aromatic rings. The molecule has 0 amide bonds. The van der Waals surface area contributed by atoms with Gasteiger partial charge in [-0.25, -0.2) is 4.98 Å². The molecule has 2 aromatic heterocycles. The van der Waals surface area contributed by atoms with Crippen molar-refractivity contribution in [2.75, 3.05) is 11.9 Å². The largest absolute Gasteiger partial charge is 0.364 e. The Balaban J connectivity index is 2.39. The summed E-state index contributed by atoms with van der Waals surface area (Å²) in [6, 6.07) is 0. The number of hydrogen-bond acceptors (Lipinski definition) is 4. The number of nitrogens with zero attached hydrogens (tertiary/aromatic N) is 3. The maximum atomic E-state index is 13.5. The fraction of sp³-hybridized carbons (Fsp3) is 0.273. The average molecular weight is 291 g/mol. The first-order chi connectivity index (χ1) is 8.91. The lowest BCUT2D eigenvalue weighted by molar-refractivity contribution is 0.407. The zero-order chi connectivity index (χ0) is 14.2. The highest BCUT2D eigenvalue weighted by molar-refractivity contribution is 7.09. The van der Waals surface area contributed by atoms with E-state index in [1.165, 1.54) is 18.4 Å². The second-order valence-corrected chi connectivity index (χ2v) is 4.83.